The lowest BCUT2D eigenvalue weighted by atomic mass is 10.0. The van der Waals surface area contributed by atoms with Crippen molar-refractivity contribution in [3.63, 3.8) is 0 Å². The molecule has 2 heteroatoms. The minimum atomic E-state index is 0.327. The number of likely N-dealkylation sites (tertiary alicyclic amines) is 1. The molecule has 2 unspecified atom stereocenters. The Labute approximate surface area is 74.9 Å². The Morgan fingerprint density at radius 3 is 2.58 bits per heavy atom. The molecule has 0 spiro atoms. The molecule has 0 saturated carbocycles. The van der Waals surface area contributed by atoms with Crippen molar-refractivity contribution in [2.75, 3.05) is 13.7 Å². The highest BCUT2D eigenvalue weighted by molar-refractivity contribution is 4.98. The van der Waals surface area contributed by atoms with E-state index in [1.54, 1.807) is 7.11 Å². The normalized spacial score (nSPS) is 29.4. The maximum atomic E-state index is 5.40. The fourth-order valence-electron chi connectivity index (χ4n) is 1.78. The van der Waals surface area contributed by atoms with Crippen molar-refractivity contribution in [1.82, 2.24) is 4.90 Å². The van der Waals surface area contributed by atoms with Gasteiger partial charge in [0.1, 0.15) is 0 Å². The van der Waals surface area contributed by atoms with Gasteiger partial charge in [-0.2, -0.15) is 0 Å². The topological polar surface area (TPSA) is 12.5 Å². The van der Waals surface area contributed by atoms with Crippen LogP contribution in [0, 0.1) is 18.4 Å². The predicted octanol–water partition coefficient (Wildman–Crippen LogP) is 1.32. The zero-order chi connectivity index (χ0) is 9.14. The minimum absolute atomic E-state index is 0.327. The number of hydrogen-bond donors (Lipinski definition) is 0. The van der Waals surface area contributed by atoms with Gasteiger partial charge < -0.3 is 9.64 Å². The molecule has 12 heavy (non-hydrogen) atoms. The number of methoxy groups -OCH3 is 1. The first kappa shape index (κ1) is 9.41. The molecule has 0 amide bonds. The van der Waals surface area contributed by atoms with E-state index in [1.165, 1.54) is 0 Å². The maximum Gasteiger partial charge on any atom is 0.0773 e. The molecule has 0 bridgehead atoms. The molecule has 1 heterocycles. The summed E-state index contributed by atoms with van der Waals surface area (Å²) in [5.41, 5.74) is 0. The first-order valence-electron chi connectivity index (χ1n) is 4.44. The van der Waals surface area contributed by atoms with Crippen LogP contribution in [-0.2, 0) is 4.74 Å². The van der Waals surface area contributed by atoms with Gasteiger partial charge in [-0.15, -0.1) is 0 Å². The Morgan fingerprint density at radius 2 is 2.25 bits per heavy atom. The summed E-state index contributed by atoms with van der Waals surface area (Å²) in [4.78, 5) is 2.05. The zero-order valence-electron chi connectivity index (χ0n) is 8.08. The van der Waals surface area contributed by atoms with E-state index in [4.69, 9.17) is 11.2 Å². The van der Waals surface area contributed by atoms with Crippen molar-refractivity contribution in [3.8, 4) is 12.5 Å². The van der Waals surface area contributed by atoms with Crippen LogP contribution in [-0.4, -0.2) is 30.7 Å². The van der Waals surface area contributed by atoms with Gasteiger partial charge >= 0.3 is 0 Å². The Kier molecular flexibility index (Phi) is 2.99. The molecule has 1 aliphatic rings. The van der Waals surface area contributed by atoms with Crippen LogP contribution in [0.4, 0.5) is 0 Å². The molecule has 1 saturated heterocycles. The van der Waals surface area contributed by atoms with E-state index < -0.39 is 0 Å². The van der Waals surface area contributed by atoms with Gasteiger partial charge in [-0.05, 0) is 12.3 Å². The average molecular weight is 167 g/mol. The molecule has 0 aromatic heterocycles. The van der Waals surface area contributed by atoms with Gasteiger partial charge in [-0.25, -0.2) is 0 Å². The second kappa shape index (κ2) is 3.82. The van der Waals surface area contributed by atoms with E-state index in [9.17, 15) is 0 Å². The molecule has 2 nitrogen and oxygen atoms in total. The predicted molar refractivity (Wildman–Crippen MR) is 49.6 cm³/mol. The van der Waals surface area contributed by atoms with Gasteiger partial charge in [0, 0.05) is 19.2 Å². The van der Waals surface area contributed by atoms with Crippen LogP contribution in [0.3, 0.4) is 0 Å². The quantitative estimate of drug-likeness (QED) is 0.575. The lowest BCUT2D eigenvalue weighted by Crippen LogP contribution is -2.29. The Bertz CT molecular complexity index is 183. The minimum Gasteiger partial charge on any atom is -0.380 e. The van der Waals surface area contributed by atoms with Gasteiger partial charge in [0.25, 0.3) is 0 Å². The number of nitrogens with zero attached hydrogens (tertiary/aromatic N) is 1. The van der Waals surface area contributed by atoms with E-state index in [0.717, 1.165) is 13.0 Å². The van der Waals surface area contributed by atoms with E-state index in [0.29, 0.717) is 18.1 Å². The van der Waals surface area contributed by atoms with Gasteiger partial charge in [0.05, 0.1) is 12.6 Å². The summed E-state index contributed by atoms with van der Waals surface area (Å²) in [5, 5.41) is 0. The molecule has 0 radical (unpaired) electrons. The van der Waals surface area contributed by atoms with Crippen LogP contribution in [0.25, 0.3) is 0 Å². The first-order chi connectivity index (χ1) is 5.69. The van der Waals surface area contributed by atoms with Crippen LogP contribution in [0.1, 0.15) is 20.3 Å². The van der Waals surface area contributed by atoms with Crippen LogP contribution < -0.4 is 0 Å². The van der Waals surface area contributed by atoms with Crippen molar-refractivity contribution in [3.05, 3.63) is 0 Å². The second-order valence-electron chi connectivity index (χ2n) is 3.69. The third-order valence-electron chi connectivity index (χ3n) is 2.57. The maximum absolute atomic E-state index is 5.40. The van der Waals surface area contributed by atoms with Crippen LogP contribution in [0.2, 0.25) is 0 Å². The van der Waals surface area contributed by atoms with Crippen molar-refractivity contribution < 1.29 is 4.74 Å². The molecule has 68 valence electrons. The SMILES string of the molecule is C#CN1CC(OC)CC1C(C)C. The van der Waals surface area contributed by atoms with E-state index in [2.05, 4.69) is 24.8 Å². The van der Waals surface area contributed by atoms with Gasteiger partial charge in [-0.3, -0.25) is 0 Å². The van der Waals surface area contributed by atoms with Gasteiger partial charge in [-0.1, -0.05) is 20.3 Å². The van der Waals surface area contributed by atoms with E-state index >= 15 is 0 Å². The highest BCUT2D eigenvalue weighted by Crippen LogP contribution is 2.24. The highest BCUT2D eigenvalue weighted by atomic mass is 16.5. The molecule has 0 aliphatic carbocycles. The van der Waals surface area contributed by atoms with Gasteiger partial charge in [0.2, 0.25) is 0 Å². The van der Waals surface area contributed by atoms with Crippen LogP contribution in [0.5, 0.6) is 0 Å². The largest absolute Gasteiger partial charge is 0.380 e. The Balaban J connectivity index is 2.58. The molecular weight excluding hydrogens is 150 g/mol. The summed E-state index contributed by atoms with van der Waals surface area (Å²) in [6.07, 6.45) is 6.79. The number of rotatable bonds is 2. The van der Waals surface area contributed by atoms with Crippen molar-refractivity contribution >= 4 is 0 Å². The first-order valence-corrected chi connectivity index (χ1v) is 4.44. The van der Waals surface area contributed by atoms with Crippen molar-refractivity contribution in [1.29, 1.82) is 0 Å². The lowest BCUT2D eigenvalue weighted by Gasteiger charge is -2.22. The monoisotopic (exact) mass is 167 g/mol. The summed E-state index contributed by atoms with van der Waals surface area (Å²) in [6.45, 7) is 5.29. The summed E-state index contributed by atoms with van der Waals surface area (Å²) in [6, 6.07) is 3.21. The Morgan fingerprint density at radius 1 is 1.58 bits per heavy atom. The summed E-state index contributed by atoms with van der Waals surface area (Å²) >= 11 is 0. The molecule has 1 rings (SSSR count). The molecule has 2 atom stereocenters. The fourth-order valence-corrected chi connectivity index (χ4v) is 1.78. The summed E-state index contributed by atoms with van der Waals surface area (Å²) in [5.74, 6) is 0.612. The molecule has 0 aromatic carbocycles. The Hall–Kier alpha value is -0.680. The third-order valence-corrected chi connectivity index (χ3v) is 2.57. The lowest BCUT2D eigenvalue weighted by molar-refractivity contribution is 0.113. The number of terminal acetylenes is 1. The van der Waals surface area contributed by atoms with Crippen molar-refractivity contribution in [2.45, 2.75) is 32.4 Å². The van der Waals surface area contributed by atoms with Crippen molar-refractivity contribution in [2.24, 2.45) is 5.92 Å². The highest BCUT2D eigenvalue weighted by Gasteiger charge is 2.32. The molecule has 0 aromatic rings. The van der Waals surface area contributed by atoms with Crippen LogP contribution in [0.15, 0.2) is 0 Å². The number of ether oxygens (including phenoxy) is 1. The second-order valence-corrected chi connectivity index (χ2v) is 3.69. The zero-order valence-corrected chi connectivity index (χ0v) is 8.08. The molecular formula is C10H17NO. The summed E-state index contributed by atoms with van der Waals surface area (Å²) in [7, 11) is 1.75. The number of hydrogen-bond acceptors (Lipinski definition) is 2. The molecule has 1 aliphatic heterocycles. The summed E-state index contributed by atoms with van der Waals surface area (Å²) < 4.78 is 5.29. The standard InChI is InChI=1S/C10H17NO/c1-5-11-7-9(12-4)6-10(11)8(2)3/h1,8-10H,6-7H2,2-4H3. The molecule has 0 N–H and O–H groups in total. The van der Waals surface area contributed by atoms with E-state index in [1.807, 2.05) is 0 Å². The molecule has 1 fully saturated rings. The third kappa shape index (κ3) is 1.73. The van der Waals surface area contributed by atoms with Gasteiger partial charge in [0.15, 0.2) is 0 Å². The van der Waals surface area contributed by atoms with Crippen LogP contribution >= 0.6 is 0 Å². The average Bonchev–Trinajstić information content (AvgIpc) is 2.47. The smallest absolute Gasteiger partial charge is 0.0773 e. The van der Waals surface area contributed by atoms with E-state index in [-0.39, 0.29) is 0 Å². The fraction of sp³-hybridized carbons (Fsp3) is 0.800.